The van der Waals surface area contributed by atoms with Gasteiger partial charge in [-0.2, -0.15) is 0 Å². The Bertz CT molecular complexity index is 1960. The first-order chi connectivity index (χ1) is 19.4. The number of carbonyl (C=O) groups excluding carboxylic acids is 1. The molecular formula is C30H25N7O2S. The van der Waals surface area contributed by atoms with E-state index in [-0.39, 0.29) is 16.9 Å². The number of carbonyl (C=O) groups is 1. The van der Waals surface area contributed by atoms with Crippen LogP contribution >= 0.6 is 11.3 Å². The van der Waals surface area contributed by atoms with Crippen molar-refractivity contribution in [3.05, 3.63) is 116 Å². The molecule has 0 spiro atoms. The largest absolute Gasteiger partial charge is 0.381 e. The highest BCUT2D eigenvalue weighted by molar-refractivity contribution is 7.10. The summed E-state index contributed by atoms with van der Waals surface area (Å²) in [5.74, 6) is -0.339. The highest BCUT2D eigenvalue weighted by atomic mass is 32.1. The maximum absolute atomic E-state index is 14.2. The monoisotopic (exact) mass is 547 g/mol. The molecule has 9 nitrogen and oxygen atoms in total. The molecule has 0 bridgehead atoms. The number of nitrogens with one attached hydrogen (secondary N) is 1. The summed E-state index contributed by atoms with van der Waals surface area (Å²) in [5.41, 5.74) is 11.2. The lowest BCUT2D eigenvalue weighted by atomic mass is 10.0. The van der Waals surface area contributed by atoms with Crippen LogP contribution in [0.25, 0.3) is 34.3 Å². The zero-order valence-electron chi connectivity index (χ0n) is 21.8. The summed E-state index contributed by atoms with van der Waals surface area (Å²) in [6.07, 6.45) is 7.28. The van der Waals surface area contributed by atoms with Gasteiger partial charge in [0.05, 0.1) is 16.9 Å². The van der Waals surface area contributed by atoms with Crippen LogP contribution in [-0.2, 0) is 0 Å². The fraction of sp³-hybridized carbons (Fsp3) is 0.100. The van der Waals surface area contributed by atoms with Gasteiger partial charge in [0.1, 0.15) is 5.56 Å². The molecule has 2 aromatic carbocycles. The van der Waals surface area contributed by atoms with Crippen molar-refractivity contribution in [3.8, 4) is 5.69 Å². The summed E-state index contributed by atoms with van der Waals surface area (Å²) >= 11 is 1.52. The molecule has 3 N–H and O–H groups in total. The standard InChI is InChI=1S/C30H25N7O2S/c1-18-13-14-33-28-26(27(31)35-37(18)28)29(38)34-19(2)24-15-21-8-6-7-20(11-12-23-16-32-17-40-23)25(21)30(39)36(24)22-9-4-3-5-10-22/h3-17,19H,1-2H3,(H2,31,35)(H,34,38)/b12-11+. The van der Waals surface area contributed by atoms with E-state index in [0.29, 0.717) is 22.4 Å². The number of hydrogen-bond donors (Lipinski definition) is 2. The molecule has 4 aromatic heterocycles. The predicted molar refractivity (Wildman–Crippen MR) is 159 cm³/mol. The Morgan fingerprint density at radius 3 is 2.70 bits per heavy atom. The van der Waals surface area contributed by atoms with Gasteiger partial charge >= 0.3 is 0 Å². The summed E-state index contributed by atoms with van der Waals surface area (Å²) in [7, 11) is 0. The highest BCUT2D eigenvalue weighted by Gasteiger charge is 2.24. The molecule has 6 rings (SSSR count). The third-order valence-electron chi connectivity index (χ3n) is 6.75. The van der Waals surface area contributed by atoms with E-state index in [0.717, 1.165) is 21.5 Å². The van der Waals surface area contributed by atoms with Crippen LogP contribution < -0.4 is 16.6 Å². The van der Waals surface area contributed by atoms with E-state index < -0.39 is 11.9 Å². The van der Waals surface area contributed by atoms with Crippen molar-refractivity contribution < 1.29 is 4.79 Å². The van der Waals surface area contributed by atoms with Crippen molar-refractivity contribution in [2.75, 3.05) is 5.73 Å². The second-order valence-electron chi connectivity index (χ2n) is 9.37. The number of thiazole rings is 1. The molecule has 0 aliphatic rings. The zero-order chi connectivity index (χ0) is 27.8. The number of benzene rings is 2. The molecule has 1 amide bonds. The van der Waals surface area contributed by atoms with E-state index in [4.69, 9.17) is 5.73 Å². The maximum atomic E-state index is 14.2. The average Bonchev–Trinajstić information content (AvgIpc) is 3.60. The van der Waals surface area contributed by atoms with Crippen LogP contribution in [0.1, 0.15) is 45.2 Å². The molecule has 198 valence electrons. The van der Waals surface area contributed by atoms with Crippen molar-refractivity contribution in [1.29, 1.82) is 0 Å². The van der Waals surface area contributed by atoms with E-state index in [1.54, 1.807) is 33.1 Å². The van der Waals surface area contributed by atoms with Crippen LogP contribution in [-0.4, -0.2) is 30.1 Å². The van der Waals surface area contributed by atoms with Crippen LogP contribution in [0.15, 0.2) is 83.4 Å². The van der Waals surface area contributed by atoms with E-state index in [1.807, 2.05) is 80.6 Å². The molecule has 0 saturated heterocycles. The number of para-hydroxylation sites is 1. The van der Waals surface area contributed by atoms with E-state index in [9.17, 15) is 9.59 Å². The number of pyridine rings is 1. The normalized spacial score (nSPS) is 12.3. The first kappa shape index (κ1) is 25.2. The maximum Gasteiger partial charge on any atom is 0.263 e. The SMILES string of the molecule is Cc1ccnc2c(C(=O)NC(C)c3cc4cccc(/C=C/c5cncs5)c4c(=O)n3-c3ccccc3)c(N)nn12. The number of anilines is 1. The second kappa shape index (κ2) is 10.2. The Morgan fingerprint density at radius 2 is 1.93 bits per heavy atom. The minimum Gasteiger partial charge on any atom is -0.381 e. The molecule has 0 saturated carbocycles. The Morgan fingerprint density at radius 1 is 1.10 bits per heavy atom. The number of aryl methyl sites for hydroxylation is 1. The smallest absolute Gasteiger partial charge is 0.263 e. The number of nitrogens with zero attached hydrogens (tertiary/aromatic N) is 5. The molecule has 4 heterocycles. The lowest BCUT2D eigenvalue weighted by molar-refractivity contribution is 0.0941. The van der Waals surface area contributed by atoms with Crippen molar-refractivity contribution in [2.45, 2.75) is 19.9 Å². The van der Waals surface area contributed by atoms with E-state index in [1.165, 1.54) is 11.3 Å². The molecule has 10 heteroatoms. The molecule has 0 aliphatic heterocycles. The van der Waals surface area contributed by atoms with Gasteiger partial charge in [0.2, 0.25) is 0 Å². The highest BCUT2D eigenvalue weighted by Crippen LogP contribution is 2.26. The third kappa shape index (κ3) is 4.44. The summed E-state index contributed by atoms with van der Waals surface area (Å²) in [6.45, 7) is 3.70. The summed E-state index contributed by atoms with van der Waals surface area (Å²) in [6, 6.07) is 18.3. The van der Waals surface area contributed by atoms with E-state index >= 15 is 0 Å². The molecular weight excluding hydrogens is 522 g/mol. The number of fused-ring (bicyclic) bond motifs is 2. The molecule has 40 heavy (non-hydrogen) atoms. The molecule has 0 radical (unpaired) electrons. The fourth-order valence-electron chi connectivity index (χ4n) is 4.83. The molecule has 1 atom stereocenters. The van der Waals surface area contributed by atoms with Gasteiger partial charge in [0, 0.05) is 34.3 Å². The summed E-state index contributed by atoms with van der Waals surface area (Å²) in [5, 5.41) is 8.66. The summed E-state index contributed by atoms with van der Waals surface area (Å²) < 4.78 is 3.20. The van der Waals surface area contributed by atoms with Crippen LogP contribution in [0.3, 0.4) is 0 Å². The number of amides is 1. The van der Waals surface area contributed by atoms with Gasteiger partial charge in [0.15, 0.2) is 11.5 Å². The second-order valence-corrected chi connectivity index (χ2v) is 10.3. The van der Waals surface area contributed by atoms with Crippen molar-refractivity contribution in [3.63, 3.8) is 0 Å². The van der Waals surface area contributed by atoms with Gasteiger partial charge in [-0.3, -0.25) is 19.1 Å². The lowest BCUT2D eigenvalue weighted by Gasteiger charge is -2.21. The van der Waals surface area contributed by atoms with Gasteiger partial charge in [-0.05, 0) is 55.1 Å². The molecule has 6 aromatic rings. The molecule has 0 aliphatic carbocycles. The van der Waals surface area contributed by atoms with Gasteiger partial charge < -0.3 is 11.1 Å². The Hall–Kier alpha value is -5.09. The number of rotatable bonds is 6. The Balaban J connectivity index is 1.47. The van der Waals surface area contributed by atoms with Gasteiger partial charge in [-0.1, -0.05) is 42.5 Å². The first-order valence-electron chi connectivity index (χ1n) is 12.6. The third-order valence-corrected chi connectivity index (χ3v) is 7.49. The molecule has 1 unspecified atom stereocenters. The Labute approximate surface area is 233 Å². The number of aromatic nitrogens is 5. The van der Waals surface area contributed by atoms with Crippen molar-refractivity contribution in [1.82, 2.24) is 29.5 Å². The fourth-order valence-corrected chi connectivity index (χ4v) is 5.34. The zero-order valence-corrected chi connectivity index (χ0v) is 22.6. The Kier molecular flexibility index (Phi) is 6.45. The van der Waals surface area contributed by atoms with Crippen molar-refractivity contribution >= 4 is 51.6 Å². The minimum atomic E-state index is -0.555. The molecule has 0 fully saturated rings. The van der Waals surface area contributed by atoms with Crippen LogP contribution in [0.2, 0.25) is 0 Å². The van der Waals surface area contributed by atoms with Gasteiger partial charge in [-0.15, -0.1) is 16.4 Å². The van der Waals surface area contributed by atoms with Crippen LogP contribution in [0.5, 0.6) is 0 Å². The minimum absolute atomic E-state index is 0.0860. The van der Waals surface area contributed by atoms with Gasteiger partial charge in [0.25, 0.3) is 11.5 Å². The average molecular weight is 548 g/mol. The summed E-state index contributed by atoms with van der Waals surface area (Å²) in [4.78, 5) is 37.1. The lowest BCUT2D eigenvalue weighted by Crippen LogP contribution is -2.32. The quantitative estimate of drug-likeness (QED) is 0.301. The van der Waals surface area contributed by atoms with Crippen LogP contribution in [0.4, 0.5) is 5.82 Å². The topological polar surface area (TPSA) is 120 Å². The van der Waals surface area contributed by atoms with E-state index in [2.05, 4.69) is 20.4 Å². The number of hydrogen-bond acceptors (Lipinski definition) is 7. The van der Waals surface area contributed by atoms with Crippen LogP contribution in [0, 0.1) is 6.92 Å². The van der Waals surface area contributed by atoms with Crippen molar-refractivity contribution in [2.24, 2.45) is 0 Å². The first-order valence-corrected chi connectivity index (χ1v) is 13.5. The van der Waals surface area contributed by atoms with Gasteiger partial charge in [-0.25, -0.2) is 9.50 Å². The number of nitrogens with two attached hydrogens (primary N) is 1. The number of nitrogen functional groups attached to an aromatic ring is 1. The predicted octanol–water partition coefficient (Wildman–Crippen LogP) is 5.04.